The van der Waals surface area contributed by atoms with Crippen molar-refractivity contribution in [1.29, 1.82) is 0 Å². The van der Waals surface area contributed by atoms with Crippen molar-refractivity contribution in [2.75, 3.05) is 0 Å². The predicted octanol–water partition coefficient (Wildman–Crippen LogP) is 1.46. The molecular weight excluding hydrogens is 142 g/mol. The molecule has 0 spiro atoms. The summed E-state index contributed by atoms with van der Waals surface area (Å²) in [4.78, 5) is 0. The Hall–Kier alpha value is -0.830. The van der Waals surface area contributed by atoms with Gasteiger partial charge >= 0.3 is 0 Å². The molecule has 1 N–H and O–H groups in total. The molecule has 0 aliphatic carbocycles. The van der Waals surface area contributed by atoms with Gasteiger partial charge in [-0.15, -0.1) is 0 Å². The topological polar surface area (TPSA) is 46.3 Å². The molecule has 0 fully saturated rings. The normalized spacial score (nSPS) is 12.0. The first-order valence-electron chi connectivity index (χ1n) is 3.60. The second-order valence-electron chi connectivity index (χ2n) is 3.58. The van der Waals surface area contributed by atoms with E-state index in [4.69, 9.17) is 9.63 Å². The number of nitrogens with zero attached hydrogens (tertiary/aromatic N) is 1. The van der Waals surface area contributed by atoms with Crippen molar-refractivity contribution in [3.63, 3.8) is 0 Å². The van der Waals surface area contributed by atoms with Crippen LogP contribution in [0.3, 0.4) is 0 Å². The van der Waals surface area contributed by atoms with Gasteiger partial charge in [0.05, 0.1) is 6.61 Å². The summed E-state index contributed by atoms with van der Waals surface area (Å²) in [6.07, 6.45) is 1.59. The van der Waals surface area contributed by atoms with Crippen LogP contribution >= 0.6 is 0 Å². The summed E-state index contributed by atoms with van der Waals surface area (Å²) >= 11 is 0. The van der Waals surface area contributed by atoms with Crippen LogP contribution in [0.2, 0.25) is 0 Å². The monoisotopic (exact) mass is 155 g/mol. The van der Waals surface area contributed by atoms with Crippen molar-refractivity contribution < 1.29 is 9.63 Å². The van der Waals surface area contributed by atoms with Gasteiger partial charge in [0.1, 0.15) is 12.0 Å². The average Bonchev–Trinajstić information content (AvgIpc) is 2.31. The van der Waals surface area contributed by atoms with Gasteiger partial charge in [-0.25, -0.2) is 0 Å². The van der Waals surface area contributed by atoms with E-state index in [1.54, 1.807) is 6.26 Å². The van der Waals surface area contributed by atoms with Crippen molar-refractivity contribution in [3.05, 3.63) is 17.5 Å². The van der Waals surface area contributed by atoms with E-state index < -0.39 is 0 Å². The summed E-state index contributed by atoms with van der Waals surface area (Å²) in [5, 5.41) is 12.5. The van der Waals surface area contributed by atoms with Gasteiger partial charge in [0.2, 0.25) is 0 Å². The lowest BCUT2D eigenvalue weighted by Gasteiger charge is -2.16. The maximum absolute atomic E-state index is 8.85. The molecule has 1 aromatic rings. The molecule has 1 heterocycles. The predicted molar refractivity (Wildman–Crippen MR) is 41.1 cm³/mol. The van der Waals surface area contributed by atoms with Crippen LogP contribution in [0.25, 0.3) is 0 Å². The molecular formula is C8H13NO2. The molecule has 0 unspecified atom stereocenters. The fourth-order valence-corrected chi connectivity index (χ4v) is 0.984. The van der Waals surface area contributed by atoms with E-state index in [0.717, 1.165) is 5.56 Å². The van der Waals surface area contributed by atoms with Crippen molar-refractivity contribution in [2.24, 2.45) is 0 Å². The van der Waals surface area contributed by atoms with E-state index in [0.29, 0.717) is 5.69 Å². The van der Waals surface area contributed by atoms with E-state index in [2.05, 4.69) is 25.9 Å². The van der Waals surface area contributed by atoms with E-state index in [1.807, 2.05) is 0 Å². The largest absolute Gasteiger partial charge is 0.390 e. The number of hydrogen-bond donors (Lipinski definition) is 1. The summed E-state index contributed by atoms with van der Waals surface area (Å²) in [6, 6.07) is 0. The number of aliphatic hydroxyl groups excluding tert-OH is 1. The molecule has 1 aromatic heterocycles. The Morgan fingerprint density at radius 1 is 1.55 bits per heavy atom. The Morgan fingerprint density at radius 3 is 2.55 bits per heavy atom. The second kappa shape index (κ2) is 2.66. The molecule has 0 aliphatic rings. The summed E-state index contributed by atoms with van der Waals surface area (Å²) in [5.74, 6) is 0. The summed E-state index contributed by atoms with van der Waals surface area (Å²) < 4.78 is 4.75. The molecule has 0 atom stereocenters. The molecule has 11 heavy (non-hydrogen) atoms. The Balaban J connectivity index is 3.02. The maximum atomic E-state index is 8.85. The number of aliphatic hydroxyl groups is 1. The molecule has 0 aromatic carbocycles. The lowest BCUT2D eigenvalue weighted by Crippen LogP contribution is -2.12. The molecule has 0 saturated heterocycles. The smallest absolute Gasteiger partial charge is 0.127 e. The average molecular weight is 155 g/mol. The highest BCUT2D eigenvalue weighted by Crippen LogP contribution is 2.24. The fourth-order valence-electron chi connectivity index (χ4n) is 0.984. The van der Waals surface area contributed by atoms with Gasteiger partial charge in [-0.2, -0.15) is 0 Å². The third kappa shape index (κ3) is 1.60. The highest BCUT2D eigenvalue weighted by molar-refractivity contribution is 5.22. The van der Waals surface area contributed by atoms with E-state index >= 15 is 0 Å². The van der Waals surface area contributed by atoms with Gasteiger partial charge < -0.3 is 9.63 Å². The lowest BCUT2D eigenvalue weighted by atomic mass is 9.88. The SMILES string of the molecule is CC(C)(C)c1conc1CO. The minimum atomic E-state index is -0.0525. The molecule has 0 saturated carbocycles. The van der Waals surface area contributed by atoms with Gasteiger partial charge in [0, 0.05) is 5.56 Å². The molecule has 0 bridgehead atoms. The Bertz CT molecular complexity index is 234. The summed E-state index contributed by atoms with van der Waals surface area (Å²) in [7, 11) is 0. The lowest BCUT2D eigenvalue weighted by molar-refractivity contribution is 0.264. The first-order valence-corrected chi connectivity index (χ1v) is 3.60. The van der Waals surface area contributed by atoms with Crippen LogP contribution in [0.15, 0.2) is 10.8 Å². The van der Waals surface area contributed by atoms with Crippen molar-refractivity contribution >= 4 is 0 Å². The molecule has 0 amide bonds. The van der Waals surface area contributed by atoms with E-state index in [1.165, 1.54) is 0 Å². The summed E-state index contributed by atoms with van der Waals surface area (Å²) in [5.41, 5.74) is 1.61. The highest BCUT2D eigenvalue weighted by Gasteiger charge is 2.20. The van der Waals surface area contributed by atoms with Crippen LogP contribution in [0.5, 0.6) is 0 Å². The molecule has 3 heteroatoms. The molecule has 1 rings (SSSR count). The Kier molecular flexibility index (Phi) is 2.00. The quantitative estimate of drug-likeness (QED) is 0.667. The van der Waals surface area contributed by atoms with Crippen LogP contribution in [0, 0.1) is 0 Å². The Labute approximate surface area is 66.0 Å². The van der Waals surface area contributed by atoms with Gasteiger partial charge in [-0.1, -0.05) is 25.9 Å². The molecule has 3 nitrogen and oxygen atoms in total. The third-order valence-corrected chi connectivity index (χ3v) is 1.60. The van der Waals surface area contributed by atoms with Crippen LogP contribution in [-0.4, -0.2) is 10.3 Å². The summed E-state index contributed by atoms with van der Waals surface area (Å²) in [6.45, 7) is 6.11. The van der Waals surface area contributed by atoms with Gasteiger partial charge in [0.25, 0.3) is 0 Å². The number of hydrogen-bond acceptors (Lipinski definition) is 3. The number of rotatable bonds is 1. The van der Waals surface area contributed by atoms with E-state index in [9.17, 15) is 0 Å². The Morgan fingerprint density at radius 2 is 2.18 bits per heavy atom. The van der Waals surface area contributed by atoms with Crippen LogP contribution < -0.4 is 0 Å². The molecule has 0 aliphatic heterocycles. The first kappa shape index (κ1) is 8.27. The fraction of sp³-hybridized carbons (Fsp3) is 0.625. The zero-order valence-corrected chi connectivity index (χ0v) is 7.09. The minimum absolute atomic E-state index is 0.00192. The van der Waals surface area contributed by atoms with Gasteiger partial charge in [0.15, 0.2) is 0 Å². The van der Waals surface area contributed by atoms with Gasteiger partial charge in [-0.3, -0.25) is 0 Å². The standard InChI is InChI=1S/C8H13NO2/c1-8(2,3)6-5-11-9-7(6)4-10/h5,10H,4H2,1-3H3. The van der Waals surface area contributed by atoms with Crippen molar-refractivity contribution in [2.45, 2.75) is 32.8 Å². The van der Waals surface area contributed by atoms with Crippen LogP contribution in [0.1, 0.15) is 32.0 Å². The van der Waals surface area contributed by atoms with Crippen LogP contribution in [-0.2, 0) is 12.0 Å². The van der Waals surface area contributed by atoms with Crippen molar-refractivity contribution in [1.82, 2.24) is 5.16 Å². The van der Waals surface area contributed by atoms with E-state index in [-0.39, 0.29) is 12.0 Å². The molecule has 0 radical (unpaired) electrons. The molecule has 62 valence electrons. The maximum Gasteiger partial charge on any atom is 0.127 e. The van der Waals surface area contributed by atoms with Crippen molar-refractivity contribution in [3.8, 4) is 0 Å². The highest BCUT2D eigenvalue weighted by atomic mass is 16.5. The van der Waals surface area contributed by atoms with Gasteiger partial charge in [-0.05, 0) is 5.41 Å². The first-order chi connectivity index (χ1) is 5.05. The third-order valence-electron chi connectivity index (χ3n) is 1.60. The number of aromatic nitrogens is 1. The zero-order chi connectivity index (χ0) is 8.48. The van der Waals surface area contributed by atoms with Crippen LogP contribution in [0.4, 0.5) is 0 Å². The second-order valence-corrected chi connectivity index (χ2v) is 3.58. The zero-order valence-electron chi connectivity index (χ0n) is 7.09. The minimum Gasteiger partial charge on any atom is -0.390 e.